The third kappa shape index (κ3) is 2.73. The monoisotopic (exact) mass is 311 g/mol. The van der Waals surface area contributed by atoms with Crippen molar-refractivity contribution in [2.24, 2.45) is 0 Å². The van der Waals surface area contributed by atoms with Crippen molar-refractivity contribution in [3.63, 3.8) is 0 Å². The number of fused-ring (bicyclic) bond motifs is 1. The molecule has 0 fully saturated rings. The molecule has 0 radical (unpaired) electrons. The average Bonchev–Trinajstić information content (AvgIpc) is 2.93. The number of benzene rings is 1. The van der Waals surface area contributed by atoms with Gasteiger partial charge in [-0.2, -0.15) is 0 Å². The minimum Gasteiger partial charge on any atom is -0.355 e. The van der Waals surface area contributed by atoms with Gasteiger partial charge in [-0.05, 0) is 32.0 Å². The fraction of sp³-hybridized carbons (Fsp3) is 0.250. The summed E-state index contributed by atoms with van der Waals surface area (Å²) < 4.78 is 2.10. The lowest BCUT2D eigenvalue weighted by atomic mass is 10.3. The molecule has 0 aliphatic rings. The number of rotatable bonds is 5. The smallest absolute Gasteiger partial charge is 0.311 e. The van der Waals surface area contributed by atoms with E-state index in [1.54, 1.807) is 6.07 Å². The fourth-order valence-electron chi connectivity index (χ4n) is 2.68. The first kappa shape index (κ1) is 15.0. The SMILES string of the molecule is CCn1c(C(C)Nc2ncccc2[N+](=O)[O-])nc2ccccc21. The highest BCUT2D eigenvalue weighted by Gasteiger charge is 2.20. The summed E-state index contributed by atoms with van der Waals surface area (Å²) in [6.45, 7) is 4.74. The molecule has 1 aromatic carbocycles. The summed E-state index contributed by atoms with van der Waals surface area (Å²) in [5.41, 5.74) is 1.92. The molecule has 3 aromatic rings. The van der Waals surface area contributed by atoms with Gasteiger partial charge in [0.25, 0.3) is 0 Å². The second-order valence-electron chi connectivity index (χ2n) is 5.20. The molecule has 1 atom stereocenters. The number of nitrogens with zero attached hydrogens (tertiary/aromatic N) is 4. The highest BCUT2D eigenvalue weighted by atomic mass is 16.6. The molecule has 0 spiro atoms. The van der Waals surface area contributed by atoms with Gasteiger partial charge in [0.1, 0.15) is 5.82 Å². The van der Waals surface area contributed by atoms with Gasteiger partial charge in [0.15, 0.2) is 0 Å². The molecule has 1 unspecified atom stereocenters. The topological polar surface area (TPSA) is 85.9 Å². The Morgan fingerprint density at radius 2 is 2.09 bits per heavy atom. The van der Waals surface area contributed by atoms with E-state index < -0.39 is 4.92 Å². The number of anilines is 1. The minimum atomic E-state index is -0.440. The van der Waals surface area contributed by atoms with Crippen LogP contribution >= 0.6 is 0 Å². The van der Waals surface area contributed by atoms with Gasteiger partial charge >= 0.3 is 5.69 Å². The molecule has 0 saturated heterocycles. The first-order chi connectivity index (χ1) is 11.1. The summed E-state index contributed by atoms with van der Waals surface area (Å²) in [4.78, 5) is 19.4. The highest BCUT2D eigenvalue weighted by Crippen LogP contribution is 2.27. The van der Waals surface area contributed by atoms with Crippen LogP contribution in [0.4, 0.5) is 11.5 Å². The molecule has 2 aromatic heterocycles. The van der Waals surface area contributed by atoms with Crippen molar-refractivity contribution in [3.05, 3.63) is 58.5 Å². The number of aryl methyl sites for hydroxylation is 1. The van der Waals surface area contributed by atoms with Gasteiger partial charge in [0.2, 0.25) is 5.82 Å². The normalized spacial score (nSPS) is 12.3. The van der Waals surface area contributed by atoms with Crippen LogP contribution in [0.25, 0.3) is 11.0 Å². The molecule has 0 aliphatic heterocycles. The maximum Gasteiger partial charge on any atom is 0.311 e. The number of hydrogen-bond donors (Lipinski definition) is 1. The number of para-hydroxylation sites is 2. The summed E-state index contributed by atoms with van der Waals surface area (Å²) in [5.74, 6) is 1.08. The zero-order valence-electron chi connectivity index (χ0n) is 12.9. The molecule has 7 heteroatoms. The van der Waals surface area contributed by atoms with Crippen molar-refractivity contribution < 1.29 is 4.92 Å². The van der Waals surface area contributed by atoms with E-state index in [0.29, 0.717) is 0 Å². The number of hydrogen-bond acceptors (Lipinski definition) is 5. The van der Waals surface area contributed by atoms with E-state index in [1.807, 2.05) is 38.1 Å². The molecular formula is C16H17N5O2. The number of nitrogens with one attached hydrogen (secondary N) is 1. The minimum absolute atomic E-state index is 0.0430. The summed E-state index contributed by atoms with van der Waals surface area (Å²) in [6, 6.07) is 10.7. The van der Waals surface area contributed by atoms with Crippen molar-refractivity contribution >= 4 is 22.5 Å². The lowest BCUT2D eigenvalue weighted by molar-refractivity contribution is -0.384. The average molecular weight is 311 g/mol. The molecule has 2 heterocycles. The Kier molecular flexibility index (Phi) is 3.92. The van der Waals surface area contributed by atoms with E-state index in [4.69, 9.17) is 0 Å². The number of imidazole rings is 1. The molecule has 118 valence electrons. The van der Waals surface area contributed by atoms with Gasteiger partial charge in [-0.3, -0.25) is 10.1 Å². The number of pyridine rings is 1. The van der Waals surface area contributed by atoms with Crippen LogP contribution in [-0.2, 0) is 6.54 Å². The quantitative estimate of drug-likeness (QED) is 0.575. The van der Waals surface area contributed by atoms with Crippen LogP contribution in [0.2, 0.25) is 0 Å². The first-order valence-electron chi connectivity index (χ1n) is 7.43. The maximum absolute atomic E-state index is 11.1. The predicted molar refractivity (Wildman–Crippen MR) is 88.3 cm³/mol. The molecule has 0 aliphatic carbocycles. The lowest BCUT2D eigenvalue weighted by Crippen LogP contribution is -2.15. The summed E-state index contributed by atoms with van der Waals surface area (Å²) in [6.07, 6.45) is 1.53. The third-order valence-corrected chi connectivity index (χ3v) is 3.72. The van der Waals surface area contributed by atoms with Gasteiger partial charge in [-0.15, -0.1) is 0 Å². The Morgan fingerprint density at radius 3 is 2.83 bits per heavy atom. The molecule has 23 heavy (non-hydrogen) atoms. The van der Waals surface area contributed by atoms with Crippen LogP contribution in [0, 0.1) is 10.1 Å². The molecule has 0 bridgehead atoms. The molecule has 3 rings (SSSR count). The molecular weight excluding hydrogens is 294 g/mol. The summed E-state index contributed by atoms with van der Waals surface area (Å²) >= 11 is 0. The highest BCUT2D eigenvalue weighted by molar-refractivity contribution is 5.76. The van der Waals surface area contributed by atoms with Gasteiger partial charge in [-0.25, -0.2) is 9.97 Å². The van der Waals surface area contributed by atoms with Crippen LogP contribution in [0.1, 0.15) is 25.7 Å². The van der Waals surface area contributed by atoms with Gasteiger partial charge in [0, 0.05) is 18.8 Å². The Balaban J connectivity index is 1.98. The van der Waals surface area contributed by atoms with Crippen molar-refractivity contribution in [1.82, 2.24) is 14.5 Å². The lowest BCUT2D eigenvalue weighted by Gasteiger charge is -2.15. The van der Waals surface area contributed by atoms with Crippen LogP contribution in [0.15, 0.2) is 42.6 Å². The second-order valence-corrected chi connectivity index (χ2v) is 5.20. The van der Waals surface area contributed by atoms with Gasteiger partial charge in [0.05, 0.1) is 22.0 Å². The predicted octanol–water partition coefficient (Wildman–Crippen LogP) is 3.53. The number of nitro groups is 1. The van der Waals surface area contributed by atoms with E-state index in [0.717, 1.165) is 23.4 Å². The molecule has 1 N–H and O–H groups in total. The third-order valence-electron chi connectivity index (χ3n) is 3.72. The van der Waals surface area contributed by atoms with Crippen LogP contribution in [-0.4, -0.2) is 19.5 Å². The van der Waals surface area contributed by atoms with Crippen LogP contribution in [0.5, 0.6) is 0 Å². The van der Waals surface area contributed by atoms with Crippen LogP contribution in [0.3, 0.4) is 0 Å². The van der Waals surface area contributed by atoms with Crippen molar-refractivity contribution in [1.29, 1.82) is 0 Å². The standard InChI is InChI=1S/C16H17N5O2/c1-3-20-13-8-5-4-7-12(13)19-16(20)11(2)18-15-14(21(22)23)9-6-10-17-15/h4-11H,3H2,1-2H3,(H,17,18). The zero-order valence-corrected chi connectivity index (χ0v) is 12.9. The largest absolute Gasteiger partial charge is 0.355 e. The molecule has 0 saturated carbocycles. The Bertz CT molecular complexity index is 859. The molecule has 0 amide bonds. The second kappa shape index (κ2) is 6.04. The van der Waals surface area contributed by atoms with E-state index in [9.17, 15) is 10.1 Å². The summed E-state index contributed by atoms with van der Waals surface area (Å²) in [5, 5.41) is 14.2. The van der Waals surface area contributed by atoms with E-state index in [1.165, 1.54) is 12.3 Å². The van der Waals surface area contributed by atoms with E-state index in [2.05, 4.69) is 19.9 Å². The maximum atomic E-state index is 11.1. The Labute approximate surface area is 133 Å². The van der Waals surface area contributed by atoms with Crippen LogP contribution < -0.4 is 5.32 Å². The van der Waals surface area contributed by atoms with Crippen molar-refractivity contribution in [2.75, 3.05) is 5.32 Å². The fourth-order valence-corrected chi connectivity index (χ4v) is 2.68. The van der Waals surface area contributed by atoms with E-state index in [-0.39, 0.29) is 17.5 Å². The Hall–Kier alpha value is -2.96. The first-order valence-corrected chi connectivity index (χ1v) is 7.43. The zero-order chi connectivity index (χ0) is 16.4. The number of aromatic nitrogens is 3. The summed E-state index contributed by atoms with van der Waals surface area (Å²) in [7, 11) is 0. The van der Waals surface area contributed by atoms with Crippen molar-refractivity contribution in [3.8, 4) is 0 Å². The molecule has 7 nitrogen and oxygen atoms in total. The van der Waals surface area contributed by atoms with E-state index >= 15 is 0 Å². The Morgan fingerprint density at radius 1 is 1.30 bits per heavy atom. The van der Waals surface area contributed by atoms with Crippen molar-refractivity contribution in [2.45, 2.75) is 26.4 Å². The van der Waals surface area contributed by atoms with Gasteiger partial charge < -0.3 is 9.88 Å². The van der Waals surface area contributed by atoms with Gasteiger partial charge in [-0.1, -0.05) is 12.1 Å².